The first-order valence-electron chi connectivity index (χ1n) is 10.8. The van der Waals surface area contributed by atoms with Gasteiger partial charge in [-0.25, -0.2) is 0 Å². The zero-order chi connectivity index (χ0) is 21.9. The molecule has 0 amide bonds. The molecule has 0 unspecified atom stereocenters. The maximum Gasteiger partial charge on any atom is 0.191 e. The number of aliphatic imine (C=N–C) groups is 1. The zero-order valence-electron chi connectivity index (χ0n) is 19.2. The van der Waals surface area contributed by atoms with Crippen LogP contribution in [0.4, 0.5) is 5.69 Å². The molecule has 2 aromatic carbocycles. The Labute approximate surface area is 208 Å². The van der Waals surface area contributed by atoms with Crippen LogP contribution >= 0.6 is 24.0 Å². The second-order valence-corrected chi connectivity index (χ2v) is 7.49. The number of rotatable bonds is 9. The molecule has 0 spiro atoms. The molecule has 1 aliphatic heterocycles. The second-order valence-electron chi connectivity index (χ2n) is 7.49. The van der Waals surface area contributed by atoms with Crippen molar-refractivity contribution in [1.29, 1.82) is 0 Å². The molecule has 0 radical (unpaired) electrons. The van der Waals surface area contributed by atoms with Crippen molar-refractivity contribution in [2.45, 2.75) is 25.3 Å². The molecular formula is C24H35IN4O3. The van der Waals surface area contributed by atoms with E-state index in [1.165, 1.54) is 0 Å². The molecule has 0 aromatic heterocycles. The molecule has 0 bridgehead atoms. The minimum atomic E-state index is 0. The van der Waals surface area contributed by atoms with E-state index in [1.807, 2.05) is 43.4 Å². The highest BCUT2D eigenvalue weighted by molar-refractivity contribution is 14.0. The number of hydrogen-bond donors (Lipinski definition) is 2. The van der Waals surface area contributed by atoms with Crippen LogP contribution in [0.3, 0.4) is 0 Å². The van der Waals surface area contributed by atoms with Gasteiger partial charge in [-0.3, -0.25) is 4.99 Å². The maximum absolute atomic E-state index is 5.73. The van der Waals surface area contributed by atoms with Crippen molar-refractivity contribution in [1.82, 2.24) is 10.6 Å². The molecule has 7 nitrogen and oxygen atoms in total. The van der Waals surface area contributed by atoms with E-state index in [2.05, 4.69) is 32.7 Å². The Balaban J connectivity index is 0.00000363. The Morgan fingerprint density at radius 3 is 2.25 bits per heavy atom. The van der Waals surface area contributed by atoms with Gasteiger partial charge in [-0.1, -0.05) is 18.2 Å². The molecule has 0 atom stereocenters. The molecular weight excluding hydrogens is 519 g/mol. The monoisotopic (exact) mass is 554 g/mol. The van der Waals surface area contributed by atoms with Crippen LogP contribution in [0.5, 0.6) is 17.2 Å². The molecule has 3 rings (SSSR count). The fourth-order valence-electron chi connectivity index (χ4n) is 3.63. The SMILES string of the molecule is CN=C(NCCCOc1ccccc1)NC1CCN(c2cc(OC)cc(OC)c2)CC1.I. The molecule has 176 valence electrons. The summed E-state index contributed by atoms with van der Waals surface area (Å²) in [5.41, 5.74) is 1.13. The first-order valence-corrected chi connectivity index (χ1v) is 10.8. The van der Waals surface area contributed by atoms with Gasteiger partial charge in [0.25, 0.3) is 0 Å². The van der Waals surface area contributed by atoms with Gasteiger partial charge in [0.2, 0.25) is 0 Å². The summed E-state index contributed by atoms with van der Waals surface area (Å²) in [6, 6.07) is 16.3. The van der Waals surface area contributed by atoms with Crippen LogP contribution in [-0.4, -0.2) is 59.5 Å². The van der Waals surface area contributed by atoms with Crippen molar-refractivity contribution in [2.75, 3.05) is 52.4 Å². The highest BCUT2D eigenvalue weighted by atomic mass is 127. The smallest absolute Gasteiger partial charge is 0.191 e. The predicted molar refractivity (Wildman–Crippen MR) is 141 cm³/mol. The summed E-state index contributed by atoms with van der Waals surface area (Å²) in [6.07, 6.45) is 2.99. The van der Waals surface area contributed by atoms with Gasteiger partial charge in [0.1, 0.15) is 17.2 Å². The average Bonchev–Trinajstić information content (AvgIpc) is 2.83. The Morgan fingerprint density at radius 2 is 1.66 bits per heavy atom. The number of nitrogens with one attached hydrogen (secondary N) is 2. The summed E-state index contributed by atoms with van der Waals surface area (Å²) < 4.78 is 16.5. The molecule has 1 saturated heterocycles. The van der Waals surface area contributed by atoms with E-state index in [-0.39, 0.29) is 24.0 Å². The highest BCUT2D eigenvalue weighted by Crippen LogP contribution is 2.30. The normalized spacial score (nSPS) is 14.3. The molecule has 8 heteroatoms. The first kappa shape index (κ1) is 25.9. The Morgan fingerprint density at radius 1 is 1.00 bits per heavy atom. The van der Waals surface area contributed by atoms with E-state index in [1.54, 1.807) is 14.2 Å². The summed E-state index contributed by atoms with van der Waals surface area (Å²) in [7, 11) is 5.18. The van der Waals surface area contributed by atoms with Gasteiger partial charge < -0.3 is 29.7 Å². The lowest BCUT2D eigenvalue weighted by Gasteiger charge is -2.34. The van der Waals surface area contributed by atoms with Crippen LogP contribution in [0.1, 0.15) is 19.3 Å². The van der Waals surface area contributed by atoms with Gasteiger partial charge in [0.15, 0.2) is 5.96 Å². The third-order valence-corrected chi connectivity index (χ3v) is 5.39. The Kier molecular flexibility index (Phi) is 11.3. The lowest BCUT2D eigenvalue weighted by molar-refractivity contribution is 0.311. The van der Waals surface area contributed by atoms with Crippen molar-refractivity contribution in [3.63, 3.8) is 0 Å². The Hall–Kier alpha value is -2.36. The second kappa shape index (κ2) is 13.9. The number of halogens is 1. The van der Waals surface area contributed by atoms with Crippen LogP contribution < -0.4 is 29.7 Å². The number of guanidine groups is 1. The van der Waals surface area contributed by atoms with E-state index in [9.17, 15) is 0 Å². The summed E-state index contributed by atoms with van der Waals surface area (Å²) in [5.74, 6) is 3.39. The van der Waals surface area contributed by atoms with Gasteiger partial charge in [-0.05, 0) is 31.4 Å². The predicted octanol–water partition coefficient (Wildman–Crippen LogP) is 3.92. The minimum absolute atomic E-state index is 0. The van der Waals surface area contributed by atoms with Crippen LogP contribution in [0.2, 0.25) is 0 Å². The quantitative estimate of drug-likeness (QED) is 0.212. The zero-order valence-corrected chi connectivity index (χ0v) is 21.5. The molecule has 1 heterocycles. The van der Waals surface area contributed by atoms with Crippen LogP contribution in [-0.2, 0) is 0 Å². The van der Waals surface area contributed by atoms with Crippen molar-refractivity contribution < 1.29 is 14.2 Å². The molecule has 0 saturated carbocycles. The van der Waals surface area contributed by atoms with Gasteiger partial charge in [0.05, 0.1) is 20.8 Å². The highest BCUT2D eigenvalue weighted by Gasteiger charge is 2.21. The van der Waals surface area contributed by atoms with Crippen molar-refractivity contribution in [3.8, 4) is 17.2 Å². The molecule has 32 heavy (non-hydrogen) atoms. The topological polar surface area (TPSA) is 67.4 Å². The Bertz CT molecular complexity index is 805. The van der Waals surface area contributed by atoms with Crippen molar-refractivity contribution >= 4 is 35.6 Å². The van der Waals surface area contributed by atoms with E-state index in [0.29, 0.717) is 12.6 Å². The number of nitrogens with zero attached hydrogens (tertiary/aromatic N) is 2. The van der Waals surface area contributed by atoms with Gasteiger partial charge in [-0.15, -0.1) is 24.0 Å². The van der Waals surface area contributed by atoms with E-state index >= 15 is 0 Å². The van der Waals surface area contributed by atoms with E-state index < -0.39 is 0 Å². The standard InChI is InChI=1S/C24H34N4O3.HI/c1-25-24(26-12-7-15-31-21-8-5-4-6-9-21)27-19-10-13-28(14-11-19)20-16-22(29-2)18-23(17-20)30-3;/h4-6,8-9,16-19H,7,10-15H2,1-3H3,(H2,25,26,27);1H. The number of methoxy groups -OCH3 is 2. The summed E-state index contributed by atoms with van der Waals surface area (Å²) in [6.45, 7) is 3.43. The molecule has 1 fully saturated rings. The van der Waals surface area contributed by atoms with Crippen molar-refractivity contribution in [2.24, 2.45) is 4.99 Å². The maximum atomic E-state index is 5.73. The summed E-state index contributed by atoms with van der Waals surface area (Å²) >= 11 is 0. The number of hydrogen-bond acceptors (Lipinski definition) is 5. The fourth-order valence-corrected chi connectivity index (χ4v) is 3.63. The van der Waals surface area contributed by atoms with Crippen molar-refractivity contribution in [3.05, 3.63) is 48.5 Å². The third-order valence-electron chi connectivity index (χ3n) is 5.39. The first-order chi connectivity index (χ1) is 15.2. The molecule has 1 aliphatic rings. The lowest BCUT2D eigenvalue weighted by atomic mass is 10.0. The van der Waals surface area contributed by atoms with Gasteiger partial charge >= 0.3 is 0 Å². The van der Waals surface area contributed by atoms with E-state index in [0.717, 1.165) is 67.8 Å². The van der Waals surface area contributed by atoms with Crippen LogP contribution in [0.15, 0.2) is 53.5 Å². The van der Waals surface area contributed by atoms with E-state index in [4.69, 9.17) is 14.2 Å². The van der Waals surface area contributed by atoms with Crippen LogP contribution in [0, 0.1) is 0 Å². The minimum Gasteiger partial charge on any atom is -0.497 e. The van der Waals surface area contributed by atoms with Gasteiger partial charge in [-0.2, -0.15) is 0 Å². The largest absolute Gasteiger partial charge is 0.497 e. The van der Waals surface area contributed by atoms with Gasteiger partial charge in [0, 0.05) is 56.6 Å². The molecule has 2 aromatic rings. The number of piperidine rings is 1. The summed E-state index contributed by atoms with van der Waals surface area (Å²) in [5, 5.41) is 6.94. The lowest BCUT2D eigenvalue weighted by Crippen LogP contribution is -2.49. The third kappa shape index (κ3) is 7.96. The number of benzene rings is 2. The number of ether oxygens (including phenoxy) is 3. The number of para-hydroxylation sites is 1. The molecule has 0 aliphatic carbocycles. The molecule has 2 N–H and O–H groups in total. The fraction of sp³-hybridized carbons (Fsp3) is 0.458. The van der Waals surface area contributed by atoms with Crippen LogP contribution in [0.25, 0.3) is 0 Å². The average molecular weight is 554 g/mol. The number of anilines is 1. The summed E-state index contributed by atoms with van der Waals surface area (Å²) in [4.78, 5) is 6.74.